The molecule has 1 aromatic carbocycles. The number of hydrogen-bond acceptors (Lipinski definition) is 4. The third kappa shape index (κ3) is 3.29. The average molecular weight is 280 g/mol. The van der Waals surface area contributed by atoms with E-state index in [2.05, 4.69) is 10.3 Å². The van der Waals surface area contributed by atoms with E-state index in [1.165, 1.54) is 23.5 Å². The zero-order valence-corrected chi connectivity index (χ0v) is 11.3. The summed E-state index contributed by atoms with van der Waals surface area (Å²) in [7, 11) is 0. The largest absolute Gasteiger partial charge is 0.479 e. The van der Waals surface area contributed by atoms with Crippen molar-refractivity contribution in [3.05, 3.63) is 45.7 Å². The molecule has 2 N–H and O–H groups in total. The molecule has 0 saturated carbocycles. The average Bonchev–Trinajstić information content (AvgIpc) is 2.70. The van der Waals surface area contributed by atoms with E-state index in [4.69, 9.17) is 0 Å². The van der Waals surface area contributed by atoms with E-state index in [0.29, 0.717) is 10.7 Å². The minimum absolute atomic E-state index is 0.401. The number of anilines is 1. The summed E-state index contributed by atoms with van der Waals surface area (Å²) in [5.74, 6) is -1.45. The van der Waals surface area contributed by atoms with Crippen LogP contribution >= 0.6 is 11.3 Å². The fraction of sp³-hybridized carbons (Fsp3) is 0.231. The minimum atomic E-state index is -1.05. The SMILES string of the molecule is Cc1cc(F)cc(NC(C(=O)O)c2nc(C)cs2)c1. The van der Waals surface area contributed by atoms with E-state index >= 15 is 0 Å². The predicted molar refractivity (Wildman–Crippen MR) is 72.0 cm³/mol. The molecule has 6 heteroatoms. The number of carbonyl (C=O) groups is 1. The Balaban J connectivity index is 2.29. The van der Waals surface area contributed by atoms with Crippen LogP contribution in [-0.4, -0.2) is 16.1 Å². The van der Waals surface area contributed by atoms with Gasteiger partial charge in [-0.05, 0) is 37.6 Å². The number of nitrogens with zero attached hydrogens (tertiary/aromatic N) is 1. The number of aryl methyl sites for hydroxylation is 2. The van der Waals surface area contributed by atoms with Gasteiger partial charge in [0.2, 0.25) is 0 Å². The van der Waals surface area contributed by atoms with Crippen molar-refractivity contribution < 1.29 is 14.3 Å². The number of benzene rings is 1. The van der Waals surface area contributed by atoms with E-state index in [1.54, 1.807) is 25.3 Å². The molecular weight excluding hydrogens is 267 g/mol. The fourth-order valence-electron chi connectivity index (χ4n) is 1.72. The molecule has 2 rings (SSSR count). The first-order valence-electron chi connectivity index (χ1n) is 5.64. The normalized spacial score (nSPS) is 12.2. The zero-order chi connectivity index (χ0) is 14.0. The van der Waals surface area contributed by atoms with Crippen molar-refractivity contribution >= 4 is 23.0 Å². The third-order valence-electron chi connectivity index (χ3n) is 2.48. The number of aliphatic carboxylic acids is 1. The van der Waals surface area contributed by atoms with Gasteiger partial charge in [0.25, 0.3) is 0 Å². The van der Waals surface area contributed by atoms with Crippen LogP contribution in [0.5, 0.6) is 0 Å². The summed E-state index contributed by atoms with van der Waals surface area (Å²) in [5, 5.41) is 14.3. The van der Waals surface area contributed by atoms with Crippen LogP contribution in [0.4, 0.5) is 10.1 Å². The standard InChI is InChI=1S/C13H13FN2O2S/c1-7-3-9(14)5-10(4-7)16-11(13(17)18)12-15-8(2)6-19-12/h3-6,11,16H,1-2H3,(H,17,18). The lowest BCUT2D eigenvalue weighted by Gasteiger charge is -2.14. The summed E-state index contributed by atoms with van der Waals surface area (Å²) >= 11 is 1.27. The Kier molecular flexibility index (Phi) is 3.80. The summed E-state index contributed by atoms with van der Waals surface area (Å²) in [6, 6.07) is 3.37. The molecule has 0 radical (unpaired) electrons. The first-order valence-corrected chi connectivity index (χ1v) is 6.52. The first kappa shape index (κ1) is 13.5. The first-order chi connectivity index (χ1) is 8.95. The van der Waals surface area contributed by atoms with Gasteiger partial charge >= 0.3 is 5.97 Å². The highest BCUT2D eigenvalue weighted by atomic mass is 32.1. The van der Waals surface area contributed by atoms with Crippen molar-refractivity contribution in [3.8, 4) is 0 Å². The van der Waals surface area contributed by atoms with Gasteiger partial charge in [0, 0.05) is 16.8 Å². The van der Waals surface area contributed by atoms with Crippen LogP contribution in [0.15, 0.2) is 23.6 Å². The molecule has 4 nitrogen and oxygen atoms in total. The van der Waals surface area contributed by atoms with Gasteiger partial charge in [-0.15, -0.1) is 11.3 Å². The molecule has 0 bridgehead atoms. The number of thiazole rings is 1. The van der Waals surface area contributed by atoms with Crippen molar-refractivity contribution in [2.75, 3.05) is 5.32 Å². The second-order valence-corrected chi connectivity index (χ2v) is 5.15. The monoisotopic (exact) mass is 280 g/mol. The van der Waals surface area contributed by atoms with Gasteiger partial charge in [0.05, 0.1) is 0 Å². The van der Waals surface area contributed by atoms with Crippen molar-refractivity contribution in [1.82, 2.24) is 4.98 Å². The number of hydrogen-bond donors (Lipinski definition) is 2. The number of nitrogens with one attached hydrogen (secondary N) is 1. The molecule has 0 saturated heterocycles. The number of halogens is 1. The lowest BCUT2D eigenvalue weighted by atomic mass is 10.2. The highest BCUT2D eigenvalue weighted by Gasteiger charge is 2.23. The fourth-order valence-corrected chi connectivity index (χ4v) is 2.56. The van der Waals surface area contributed by atoms with Crippen LogP contribution in [0.3, 0.4) is 0 Å². The predicted octanol–water partition coefficient (Wildman–Crippen LogP) is 3.14. The van der Waals surface area contributed by atoms with Crippen LogP contribution < -0.4 is 5.32 Å². The summed E-state index contributed by atoms with van der Waals surface area (Å²) in [6.45, 7) is 3.54. The quantitative estimate of drug-likeness (QED) is 0.903. The maximum Gasteiger partial charge on any atom is 0.333 e. The van der Waals surface area contributed by atoms with Crippen LogP contribution in [-0.2, 0) is 4.79 Å². The van der Waals surface area contributed by atoms with Crippen LogP contribution in [0.25, 0.3) is 0 Å². The van der Waals surface area contributed by atoms with Crippen molar-refractivity contribution in [2.45, 2.75) is 19.9 Å². The molecule has 0 aliphatic heterocycles. The summed E-state index contributed by atoms with van der Waals surface area (Å²) in [4.78, 5) is 15.4. The Morgan fingerprint density at radius 1 is 1.42 bits per heavy atom. The summed E-state index contributed by atoms with van der Waals surface area (Å²) < 4.78 is 13.3. The minimum Gasteiger partial charge on any atom is -0.479 e. The molecule has 19 heavy (non-hydrogen) atoms. The molecule has 1 aromatic heterocycles. The molecule has 0 amide bonds. The van der Waals surface area contributed by atoms with E-state index in [1.807, 2.05) is 0 Å². The van der Waals surface area contributed by atoms with Gasteiger partial charge in [-0.3, -0.25) is 0 Å². The van der Waals surface area contributed by atoms with Crippen molar-refractivity contribution in [2.24, 2.45) is 0 Å². The van der Waals surface area contributed by atoms with Gasteiger partial charge < -0.3 is 10.4 Å². The summed E-state index contributed by atoms with van der Waals surface area (Å²) in [6.07, 6.45) is 0. The van der Waals surface area contributed by atoms with Gasteiger partial charge in [-0.25, -0.2) is 14.2 Å². The maximum atomic E-state index is 13.3. The number of carboxylic acid groups (broad SMARTS) is 1. The van der Waals surface area contributed by atoms with E-state index in [0.717, 1.165) is 11.3 Å². The summed E-state index contributed by atoms with van der Waals surface area (Å²) in [5.41, 5.74) is 1.92. The second kappa shape index (κ2) is 5.36. The Labute approximate surface area is 113 Å². The van der Waals surface area contributed by atoms with E-state index < -0.39 is 17.8 Å². The topological polar surface area (TPSA) is 62.2 Å². The molecule has 0 aliphatic rings. The Morgan fingerprint density at radius 2 is 2.16 bits per heavy atom. The lowest BCUT2D eigenvalue weighted by Crippen LogP contribution is -2.20. The number of carboxylic acids is 1. The van der Waals surface area contributed by atoms with E-state index in [-0.39, 0.29) is 0 Å². The maximum absolute atomic E-state index is 13.3. The van der Waals surface area contributed by atoms with E-state index in [9.17, 15) is 14.3 Å². The van der Waals surface area contributed by atoms with Gasteiger partial charge in [0.15, 0.2) is 6.04 Å². The Bertz CT molecular complexity index is 592. The molecule has 0 fully saturated rings. The molecular formula is C13H13FN2O2S. The lowest BCUT2D eigenvalue weighted by molar-refractivity contribution is -0.138. The smallest absolute Gasteiger partial charge is 0.333 e. The molecule has 2 aromatic rings. The molecule has 1 atom stereocenters. The Morgan fingerprint density at radius 3 is 2.68 bits per heavy atom. The van der Waals surface area contributed by atoms with Crippen LogP contribution in [0.2, 0.25) is 0 Å². The molecule has 100 valence electrons. The Hall–Kier alpha value is -1.95. The highest BCUT2D eigenvalue weighted by Crippen LogP contribution is 2.24. The number of aromatic nitrogens is 1. The van der Waals surface area contributed by atoms with Gasteiger partial charge in [-0.1, -0.05) is 0 Å². The van der Waals surface area contributed by atoms with Crippen molar-refractivity contribution in [1.29, 1.82) is 0 Å². The highest BCUT2D eigenvalue weighted by molar-refractivity contribution is 7.09. The van der Waals surface area contributed by atoms with Gasteiger partial charge in [0.1, 0.15) is 10.8 Å². The number of rotatable bonds is 4. The third-order valence-corrected chi connectivity index (χ3v) is 3.51. The molecule has 1 unspecified atom stereocenters. The second-order valence-electron chi connectivity index (χ2n) is 4.26. The molecule has 1 heterocycles. The van der Waals surface area contributed by atoms with Crippen LogP contribution in [0.1, 0.15) is 22.3 Å². The van der Waals surface area contributed by atoms with Gasteiger partial charge in [-0.2, -0.15) is 0 Å². The molecule has 0 spiro atoms. The molecule has 0 aliphatic carbocycles. The van der Waals surface area contributed by atoms with Crippen molar-refractivity contribution in [3.63, 3.8) is 0 Å². The van der Waals surface area contributed by atoms with Crippen LogP contribution in [0, 0.1) is 19.7 Å². The zero-order valence-electron chi connectivity index (χ0n) is 10.5.